The van der Waals surface area contributed by atoms with Crippen LogP contribution in [0.5, 0.6) is 5.75 Å². The highest BCUT2D eigenvalue weighted by Crippen LogP contribution is 2.26. The highest BCUT2D eigenvalue weighted by atomic mass is 32.2. The van der Waals surface area contributed by atoms with Crippen molar-refractivity contribution >= 4 is 15.8 Å². The normalized spacial score (nSPS) is 9.89. The van der Waals surface area contributed by atoms with E-state index < -0.39 is 15.0 Å². The molecule has 0 fully saturated rings. The SMILES string of the molecule is COc1ccc(NC=C(C#N)C#N)c(S(=O)(=O)O)c1. The Bertz CT molecular complexity index is 680. The Morgan fingerprint density at radius 1 is 1.42 bits per heavy atom. The molecule has 0 unspecified atom stereocenters. The Labute approximate surface area is 110 Å². The zero-order valence-electron chi connectivity index (χ0n) is 9.78. The van der Waals surface area contributed by atoms with Gasteiger partial charge in [-0.15, -0.1) is 0 Å². The van der Waals surface area contributed by atoms with Crippen molar-refractivity contribution in [2.75, 3.05) is 12.4 Å². The number of ether oxygens (including phenoxy) is 1. The van der Waals surface area contributed by atoms with Crippen LogP contribution in [-0.4, -0.2) is 20.1 Å². The third-order valence-corrected chi connectivity index (χ3v) is 2.97. The van der Waals surface area contributed by atoms with E-state index in [1.165, 1.54) is 19.2 Å². The maximum Gasteiger partial charge on any atom is 0.296 e. The van der Waals surface area contributed by atoms with Crippen molar-refractivity contribution in [3.8, 4) is 17.9 Å². The molecule has 0 radical (unpaired) electrons. The summed E-state index contributed by atoms with van der Waals surface area (Å²) in [7, 11) is -3.12. The minimum absolute atomic E-state index is 0.0197. The molecule has 1 aromatic rings. The van der Waals surface area contributed by atoms with E-state index in [2.05, 4.69) is 5.32 Å². The van der Waals surface area contributed by atoms with E-state index in [1.54, 1.807) is 12.1 Å². The van der Waals surface area contributed by atoms with Gasteiger partial charge in [0.1, 0.15) is 28.4 Å². The molecule has 1 rings (SSSR count). The highest BCUT2D eigenvalue weighted by Gasteiger charge is 2.16. The monoisotopic (exact) mass is 279 g/mol. The predicted octanol–water partition coefficient (Wildman–Crippen LogP) is 1.28. The van der Waals surface area contributed by atoms with Crippen molar-refractivity contribution in [2.45, 2.75) is 4.90 Å². The number of allylic oxidation sites excluding steroid dienone is 1. The Morgan fingerprint density at radius 3 is 2.53 bits per heavy atom. The minimum Gasteiger partial charge on any atom is -0.497 e. The third-order valence-electron chi connectivity index (χ3n) is 2.08. The van der Waals surface area contributed by atoms with Crippen LogP contribution in [0.3, 0.4) is 0 Å². The lowest BCUT2D eigenvalue weighted by atomic mass is 10.3. The fraction of sp³-hybridized carbons (Fsp3) is 0.0909. The molecule has 7 nitrogen and oxygen atoms in total. The van der Waals surface area contributed by atoms with E-state index in [1.807, 2.05) is 0 Å². The number of benzene rings is 1. The molecule has 0 bridgehead atoms. The fourth-order valence-electron chi connectivity index (χ4n) is 1.20. The number of methoxy groups -OCH3 is 1. The molecule has 0 spiro atoms. The third kappa shape index (κ3) is 3.71. The van der Waals surface area contributed by atoms with Crippen LogP contribution in [0.1, 0.15) is 0 Å². The molecule has 0 aromatic heterocycles. The van der Waals surface area contributed by atoms with Gasteiger partial charge in [0.05, 0.1) is 12.8 Å². The second-order valence-corrected chi connectivity index (χ2v) is 4.65. The smallest absolute Gasteiger partial charge is 0.296 e. The van der Waals surface area contributed by atoms with Gasteiger partial charge >= 0.3 is 0 Å². The van der Waals surface area contributed by atoms with E-state index in [4.69, 9.17) is 19.8 Å². The number of rotatable bonds is 4. The molecule has 8 heteroatoms. The van der Waals surface area contributed by atoms with Gasteiger partial charge in [0.15, 0.2) is 0 Å². The lowest BCUT2D eigenvalue weighted by molar-refractivity contribution is 0.412. The summed E-state index contributed by atoms with van der Waals surface area (Å²) in [5.41, 5.74) is -0.219. The number of nitrogens with zero attached hydrogens (tertiary/aromatic N) is 2. The van der Waals surface area contributed by atoms with Crippen molar-refractivity contribution < 1.29 is 17.7 Å². The van der Waals surface area contributed by atoms with Gasteiger partial charge in [0.25, 0.3) is 10.1 Å². The van der Waals surface area contributed by atoms with Gasteiger partial charge in [0.2, 0.25) is 0 Å². The maximum absolute atomic E-state index is 11.2. The number of nitrogens with one attached hydrogen (secondary N) is 1. The van der Waals surface area contributed by atoms with Crippen molar-refractivity contribution in [3.05, 3.63) is 30.0 Å². The Morgan fingerprint density at radius 2 is 2.05 bits per heavy atom. The van der Waals surface area contributed by atoms with Gasteiger partial charge in [-0.2, -0.15) is 18.9 Å². The second kappa shape index (κ2) is 5.87. The summed E-state index contributed by atoms with van der Waals surface area (Å²) in [5, 5.41) is 19.6. The zero-order valence-corrected chi connectivity index (χ0v) is 10.6. The predicted molar refractivity (Wildman–Crippen MR) is 65.7 cm³/mol. The average Bonchev–Trinajstić information content (AvgIpc) is 2.39. The van der Waals surface area contributed by atoms with E-state index in [0.29, 0.717) is 0 Å². The molecule has 0 aliphatic rings. The molecule has 0 aliphatic heterocycles. The molecule has 19 heavy (non-hydrogen) atoms. The van der Waals surface area contributed by atoms with Gasteiger partial charge in [-0.25, -0.2) is 0 Å². The lowest BCUT2D eigenvalue weighted by Gasteiger charge is -2.08. The fourth-order valence-corrected chi connectivity index (χ4v) is 1.87. The number of hydrogen-bond donors (Lipinski definition) is 2. The quantitative estimate of drug-likeness (QED) is 0.628. The van der Waals surface area contributed by atoms with Gasteiger partial charge in [0, 0.05) is 12.3 Å². The molecular formula is C11H9N3O4S. The van der Waals surface area contributed by atoms with Crippen molar-refractivity contribution in [2.24, 2.45) is 0 Å². The lowest BCUT2D eigenvalue weighted by Crippen LogP contribution is -2.04. The maximum atomic E-state index is 11.2. The van der Waals surface area contributed by atoms with Crippen LogP contribution in [-0.2, 0) is 10.1 Å². The Hall–Kier alpha value is -2.55. The highest BCUT2D eigenvalue weighted by molar-refractivity contribution is 7.86. The first kappa shape index (κ1) is 14.5. The van der Waals surface area contributed by atoms with Crippen LogP contribution in [0.4, 0.5) is 5.69 Å². The summed E-state index contributed by atoms with van der Waals surface area (Å²) in [6.07, 6.45) is 1.04. The second-order valence-electron chi connectivity index (χ2n) is 3.26. The first-order chi connectivity index (χ1) is 8.92. The largest absolute Gasteiger partial charge is 0.497 e. The van der Waals surface area contributed by atoms with Gasteiger partial charge in [-0.3, -0.25) is 4.55 Å². The van der Waals surface area contributed by atoms with E-state index in [-0.39, 0.29) is 17.0 Å². The van der Waals surface area contributed by atoms with Crippen LogP contribution < -0.4 is 10.1 Å². The molecule has 1 aromatic carbocycles. The molecule has 0 heterocycles. The molecule has 0 aliphatic carbocycles. The summed E-state index contributed by atoms with van der Waals surface area (Å²) in [6, 6.07) is 7.12. The van der Waals surface area contributed by atoms with Crippen LogP contribution in [0.15, 0.2) is 34.9 Å². The number of hydrogen-bond acceptors (Lipinski definition) is 6. The van der Waals surface area contributed by atoms with Gasteiger partial charge in [-0.05, 0) is 12.1 Å². The Kier molecular flexibility index (Phi) is 4.48. The van der Waals surface area contributed by atoms with Crippen LogP contribution in [0.2, 0.25) is 0 Å². The molecule has 0 saturated carbocycles. The molecule has 0 atom stereocenters. The standard InChI is InChI=1S/C11H9N3O4S/c1-18-9-2-3-10(11(4-9)19(15,16)17)14-7-8(5-12)6-13/h2-4,7,14H,1H3,(H,15,16,17). The van der Waals surface area contributed by atoms with E-state index in [9.17, 15) is 8.42 Å². The van der Waals surface area contributed by atoms with Crippen LogP contribution >= 0.6 is 0 Å². The number of anilines is 1. The average molecular weight is 279 g/mol. The van der Waals surface area contributed by atoms with Crippen molar-refractivity contribution in [1.29, 1.82) is 10.5 Å². The molecule has 2 N–H and O–H groups in total. The summed E-state index contributed by atoms with van der Waals surface area (Å²) < 4.78 is 36.4. The van der Waals surface area contributed by atoms with Crippen LogP contribution in [0.25, 0.3) is 0 Å². The van der Waals surface area contributed by atoms with Crippen molar-refractivity contribution in [3.63, 3.8) is 0 Å². The first-order valence-corrected chi connectivity index (χ1v) is 6.29. The first-order valence-electron chi connectivity index (χ1n) is 4.85. The Balaban J connectivity index is 3.27. The molecule has 0 amide bonds. The molecule has 0 saturated heterocycles. The topological polar surface area (TPSA) is 123 Å². The van der Waals surface area contributed by atoms with E-state index >= 15 is 0 Å². The van der Waals surface area contributed by atoms with Gasteiger partial charge in [-0.1, -0.05) is 0 Å². The summed E-state index contributed by atoms with van der Waals surface area (Å²) >= 11 is 0. The summed E-state index contributed by atoms with van der Waals surface area (Å²) in [4.78, 5) is -0.418. The molecule has 98 valence electrons. The summed E-state index contributed by atoms with van der Waals surface area (Å²) in [5.74, 6) is 0.239. The van der Waals surface area contributed by atoms with E-state index in [0.717, 1.165) is 12.3 Å². The zero-order chi connectivity index (χ0) is 14.5. The number of nitriles is 2. The minimum atomic E-state index is -4.46. The van der Waals surface area contributed by atoms with Crippen LogP contribution in [0, 0.1) is 22.7 Å². The van der Waals surface area contributed by atoms with Crippen molar-refractivity contribution in [1.82, 2.24) is 0 Å². The van der Waals surface area contributed by atoms with Gasteiger partial charge < -0.3 is 10.1 Å². The summed E-state index contributed by atoms with van der Waals surface area (Å²) in [6.45, 7) is 0. The molecular weight excluding hydrogens is 270 g/mol.